The van der Waals surface area contributed by atoms with Gasteiger partial charge >= 0.3 is 0 Å². The van der Waals surface area contributed by atoms with Gasteiger partial charge in [0, 0.05) is 25.7 Å². The first-order chi connectivity index (χ1) is 12.6. The Kier molecular flexibility index (Phi) is 4.24. The van der Waals surface area contributed by atoms with E-state index < -0.39 is 0 Å². The van der Waals surface area contributed by atoms with Gasteiger partial charge in [-0.05, 0) is 30.5 Å². The van der Waals surface area contributed by atoms with E-state index in [1.54, 1.807) is 17.0 Å². The molecule has 6 nitrogen and oxygen atoms in total. The van der Waals surface area contributed by atoms with Gasteiger partial charge in [0.2, 0.25) is 5.91 Å². The van der Waals surface area contributed by atoms with Gasteiger partial charge in [-0.1, -0.05) is 30.3 Å². The lowest BCUT2D eigenvalue weighted by Crippen LogP contribution is -2.42. The summed E-state index contributed by atoms with van der Waals surface area (Å²) in [6, 6.07) is 12.9. The standard InChI is InChI=1S/C20H19N3O3/c24-17(9-8-14-5-2-1-3-6-14)22-12-10-15(13-22)23-19(25)16-7-4-11-21-18(16)20(23)26/h1-7,11,15H,8-10,12-13H2. The Morgan fingerprint density at radius 2 is 1.88 bits per heavy atom. The van der Waals surface area contributed by atoms with Crippen LogP contribution in [0, 0.1) is 0 Å². The van der Waals surface area contributed by atoms with Crippen molar-refractivity contribution in [3.8, 4) is 0 Å². The second-order valence-corrected chi connectivity index (χ2v) is 6.65. The number of rotatable bonds is 4. The number of aryl methyl sites for hydroxylation is 1. The van der Waals surface area contributed by atoms with Crippen molar-refractivity contribution in [1.82, 2.24) is 14.8 Å². The highest BCUT2D eigenvalue weighted by atomic mass is 16.2. The predicted molar refractivity (Wildman–Crippen MR) is 94.5 cm³/mol. The number of likely N-dealkylation sites (tertiary alicyclic amines) is 1. The molecule has 0 saturated carbocycles. The number of hydrogen-bond donors (Lipinski definition) is 0. The lowest BCUT2D eigenvalue weighted by atomic mass is 10.1. The first-order valence-electron chi connectivity index (χ1n) is 8.80. The fraction of sp³-hybridized carbons (Fsp3) is 0.300. The van der Waals surface area contributed by atoms with E-state index in [2.05, 4.69) is 4.98 Å². The second kappa shape index (κ2) is 6.71. The van der Waals surface area contributed by atoms with Crippen LogP contribution in [-0.4, -0.2) is 51.6 Å². The Balaban J connectivity index is 1.39. The van der Waals surface area contributed by atoms with Crippen molar-refractivity contribution in [2.75, 3.05) is 13.1 Å². The molecular formula is C20H19N3O3. The van der Waals surface area contributed by atoms with Gasteiger partial charge in [0.25, 0.3) is 11.8 Å². The van der Waals surface area contributed by atoms with Crippen LogP contribution in [0.25, 0.3) is 0 Å². The van der Waals surface area contributed by atoms with Crippen LogP contribution in [0.5, 0.6) is 0 Å². The number of pyridine rings is 1. The average Bonchev–Trinajstić information content (AvgIpc) is 3.25. The van der Waals surface area contributed by atoms with Crippen LogP contribution in [0.2, 0.25) is 0 Å². The summed E-state index contributed by atoms with van der Waals surface area (Å²) in [6.45, 7) is 0.970. The number of benzene rings is 1. The van der Waals surface area contributed by atoms with Crippen molar-refractivity contribution in [3.63, 3.8) is 0 Å². The zero-order chi connectivity index (χ0) is 18.1. The minimum Gasteiger partial charge on any atom is -0.341 e. The topological polar surface area (TPSA) is 70.6 Å². The van der Waals surface area contributed by atoms with Gasteiger partial charge in [0.05, 0.1) is 11.6 Å². The zero-order valence-corrected chi connectivity index (χ0v) is 14.3. The van der Waals surface area contributed by atoms with Crippen molar-refractivity contribution in [3.05, 3.63) is 65.5 Å². The number of imide groups is 1. The molecule has 2 aliphatic rings. The molecule has 1 unspecified atom stereocenters. The molecule has 26 heavy (non-hydrogen) atoms. The second-order valence-electron chi connectivity index (χ2n) is 6.65. The molecule has 2 aromatic rings. The molecule has 1 aromatic heterocycles. The summed E-state index contributed by atoms with van der Waals surface area (Å²) in [6.07, 6.45) is 3.25. The van der Waals surface area contributed by atoms with Gasteiger partial charge in [0.1, 0.15) is 5.69 Å². The SMILES string of the molecule is O=C(CCc1ccccc1)N1CCC(N2C(=O)c3cccnc3C2=O)C1. The molecule has 3 amide bonds. The minimum absolute atomic E-state index is 0.0612. The van der Waals surface area contributed by atoms with E-state index in [-0.39, 0.29) is 29.5 Å². The maximum Gasteiger partial charge on any atom is 0.280 e. The lowest BCUT2D eigenvalue weighted by molar-refractivity contribution is -0.130. The Morgan fingerprint density at radius 3 is 2.65 bits per heavy atom. The van der Waals surface area contributed by atoms with Crippen molar-refractivity contribution < 1.29 is 14.4 Å². The summed E-state index contributed by atoms with van der Waals surface area (Å²) in [5, 5.41) is 0. The third kappa shape index (κ3) is 2.87. The number of fused-ring (bicyclic) bond motifs is 1. The number of nitrogens with zero attached hydrogens (tertiary/aromatic N) is 3. The van der Waals surface area contributed by atoms with Gasteiger partial charge in [-0.25, -0.2) is 0 Å². The number of carbonyl (C=O) groups is 3. The quantitative estimate of drug-likeness (QED) is 0.791. The van der Waals surface area contributed by atoms with Crippen LogP contribution in [0.3, 0.4) is 0 Å². The Morgan fingerprint density at radius 1 is 1.08 bits per heavy atom. The summed E-state index contributed by atoms with van der Waals surface area (Å²) in [4.78, 5) is 44.6. The van der Waals surface area contributed by atoms with Crippen molar-refractivity contribution >= 4 is 17.7 Å². The third-order valence-corrected chi connectivity index (χ3v) is 5.03. The molecule has 2 aliphatic heterocycles. The van der Waals surface area contributed by atoms with Crippen molar-refractivity contribution in [2.45, 2.75) is 25.3 Å². The summed E-state index contributed by atoms with van der Waals surface area (Å²) in [7, 11) is 0. The minimum atomic E-state index is -0.353. The van der Waals surface area contributed by atoms with Gasteiger partial charge in [-0.3, -0.25) is 24.3 Å². The molecule has 0 aliphatic carbocycles. The van der Waals surface area contributed by atoms with Gasteiger partial charge in [0.15, 0.2) is 0 Å². The van der Waals surface area contributed by atoms with Crippen LogP contribution in [0.4, 0.5) is 0 Å². The van der Waals surface area contributed by atoms with Crippen LogP contribution in [0.15, 0.2) is 48.7 Å². The molecule has 1 atom stereocenters. The lowest BCUT2D eigenvalue weighted by Gasteiger charge is -2.22. The van der Waals surface area contributed by atoms with Gasteiger partial charge in [-0.15, -0.1) is 0 Å². The number of aromatic nitrogens is 1. The fourth-order valence-electron chi connectivity index (χ4n) is 3.65. The molecular weight excluding hydrogens is 330 g/mol. The zero-order valence-electron chi connectivity index (χ0n) is 14.3. The number of carbonyl (C=O) groups excluding carboxylic acids is 3. The van der Waals surface area contributed by atoms with E-state index in [0.29, 0.717) is 37.9 Å². The van der Waals surface area contributed by atoms with Crippen LogP contribution in [0.1, 0.15) is 39.3 Å². The molecule has 0 radical (unpaired) electrons. The molecule has 1 aromatic carbocycles. The van der Waals surface area contributed by atoms with Crippen molar-refractivity contribution in [1.29, 1.82) is 0 Å². The average molecular weight is 349 g/mol. The molecule has 1 saturated heterocycles. The Bertz CT molecular complexity index is 831. The van der Waals surface area contributed by atoms with E-state index in [1.165, 1.54) is 11.1 Å². The molecule has 6 heteroatoms. The Hall–Kier alpha value is -3.02. The van der Waals surface area contributed by atoms with E-state index in [0.717, 1.165) is 5.56 Å². The van der Waals surface area contributed by atoms with Crippen LogP contribution < -0.4 is 0 Å². The number of amides is 3. The molecule has 3 heterocycles. The molecule has 132 valence electrons. The largest absolute Gasteiger partial charge is 0.341 e. The first kappa shape index (κ1) is 16.4. The van der Waals surface area contributed by atoms with E-state index in [4.69, 9.17) is 0 Å². The van der Waals surface area contributed by atoms with Gasteiger partial charge in [-0.2, -0.15) is 0 Å². The first-order valence-corrected chi connectivity index (χ1v) is 8.80. The maximum atomic E-state index is 12.5. The highest BCUT2D eigenvalue weighted by Gasteiger charge is 2.43. The van der Waals surface area contributed by atoms with E-state index >= 15 is 0 Å². The fourth-order valence-corrected chi connectivity index (χ4v) is 3.65. The summed E-state index contributed by atoms with van der Waals surface area (Å²) in [5.41, 5.74) is 1.70. The summed E-state index contributed by atoms with van der Waals surface area (Å²) < 4.78 is 0. The van der Waals surface area contributed by atoms with Gasteiger partial charge < -0.3 is 4.90 Å². The highest BCUT2D eigenvalue weighted by Crippen LogP contribution is 2.27. The molecule has 1 fully saturated rings. The van der Waals surface area contributed by atoms with Crippen LogP contribution >= 0.6 is 0 Å². The summed E-state index contributed by atoms with van der Waals surface area (Å²) >= 11 is 0. The molecule has 0 N–H and O–H groups in total. The number of hydrogen-bond acceptors (Lipinski definition) is 4. The monoisotopic (exact) mass is 349 g/mol. The molecule has 4 rings (SSSR count). The maximum absolute atomic E-state index is 12.5. The van der Waals surface area contributed by atoms with Crippen molar-refractivity contribution in [2.24, 2.45) is 0 Å². The Labute approximate surface area is 151 Å². The highest BCUT2D eigenvalue weighted by molar-refractivity contribution is 6.20. The molecule has 0 spiro atoms. The van der Waals surface area contributed by atoms with E-state index in [1.807, 2.05) is 30.3 Å². The van der Waals surface area contributed by atoms with E-state index in [9.17, 15) is 14.4 Å². The summed E-state index contributed by atoms with van der Waals surface area (Å²) in [5.74, 6) is -0.595. The van der Waals surface area contributed by atoms with Crippen LogP contribution in [-0.2, 0) is 11.2 Å². The third-order valence-electron chi connectivity index (χ3n) is 5.03. The predicted octanol–water partition coefficient (Wildman–Crippen LogP) is 1.91. The smallest absolute Gasteiger partial charge is 0.280 e. The molecule has 0 bridgehead atoms. The normalized spacial score (nSPS) is 19.2.